The molecule has 0 bridgehead atoms. The molecular weight excluding hydrogens is 320 g/mol. The Labute approximate surface area is 127 Å². The van der Waals surface area contributed by atoms with Crippen molar-refractivity contribution in [2.75, 3.05) is 26.2 Å². The average molecular weight is 339 g/mol. The van der Waals surface area contributed by atoms with Crippen molar-refractivity contribution < 1.29 is 9.53 Å². The van der Waals surface area contributed by atoms with E-state index in [4.69, 9.17) is 4.74 Å². The molecule has 0 spiro atoms. The number of rotatable bonds is 6. The average Bonchev–Trinajstić information content (AvgIpc) is 2.46. The van der Waals surface area contributed by atoms with Crippen molar-refractivity contribution in [3.05, 3.63) is 40.4 Å². The molecule has 5 heteroatoms. The van der Waals surface area contributed by atoms with Gasteiger partial charge in [0.25, 0.3) is 0 Å². The van der Waals surface area contributed by atoms with Gasteiger partial charge in [0.2, 0.25) is 5.91 Å². The van der Waals surface area contributed by atoms with Crippen LogP contribution in [0.5, 0.6) is 5.75 Å². The number of nitrogens with one attached hydrogen (secondary N) is 2. The number of carbonyl (C=O) groups excluding carboxylic acids is 1. The number of benzene rings is 1. The summed E-state index contributed by atoms with van der Waals surface area (Å²) >= 11 is 3.38. The molecule has 1 aromatic carbocycles. The van der Waals surface area contributed by atoms with Crippen molar-refractivity contribution >= 4 is 21.8 Å². The maximum Gasteiger partial charge on any atom is 0.223 e. The molecule has 0 fully saturated rings. The first-order chi connectivity index (χ1) is 9.74. The summed E-state index contributed by atoms with van der Waals surface area (Å²) in [5.74, 6) is 0.799. The van der Waals surface area contributed by atoms with E-state index in [1.165, 1.54) is 5.57 Å². The Morgan fingerprint density at radius 3 is 3.10 bits per heavy atom. The highest BCUT2D eigenvalue weighted by Gasteiger charge is 2.06. The summed E-state index contributed by atoms with van der Waals surface area (Å²) in [5, 5.41) is 6.17. The van der Waals surface area contributed by atoms with Gasteiger partial charge in [0.15, 0.2) is 0 Å². The van der Waals surface area contributed by atoms with Gasteiger partial charge in [0.1, 0.15) is 5.75 Å². The highest BCUT2D eigenvalue weighted by molar-refractivity contribution is 9.10. The van der Waals surface area contributed by atoms with Gasteiger partial charge in [-0.25, -0.2) is 0 Å². The van der Waals surface area contributed by atoms with Crippen molar-refractivity contribution in [2.45, 2.75) is 12.8 Å². The highest BCUT2D eigenvalue weighted by Crippen LogP contribution is 2.17. The largest absolute Gasteiger partial charge is 0.493 e. The topological polar surface area (TPSA) is 50.4 Å². The van der Waals surface area contributed by atoms with Gasteiger partial charge in [-0.3, -0.25) is 4.79 Å². The van der Waals surface area contributed by atoms with E-state index < -0.39 is 0 Å². The van der Waals surface area contributed by atoms with Gasteiger partial charge in [-0.1, -0.05) is 33.6 Å². The maximum absolute atomic E-state index is 11.7. The van der Waals surface area contributed by atoms with E-state index in [1.54, 1.807) is 0 Å². The molecule has 1 aliphatic rings. The molecule has 1 heterocycles. The summed E-state index contributed by atoms with van der Waals surface area (Å²) in [6, 6.07) is 7.61. The first-order valence-corrected chi connectivity index (χ1v) is 7.57. The SMILES string of the molecule is O=C(CCOc1cccc(Br)c1)NCC1=CCNCC1. The van der Waals surface area contributed by atoms with Gasteiger partial charge < -0.3 is 15.4 Å². The minimum absolute atomic E-state index is 0.0272. The summed E-state index contributed by atoms with van der Waals surface area (Å²) in [4.78, 5) is 11.7. The standard InChI is InChI=1S/C15H19BrN2O2/c16-13-2-1-3-14(10-13)20-9-6-15(19)18-11-12-4-7-17-8-5-12/h1-4,10,17H,5-9,11H2,(H,18,19). The quantitative estimate of drug-likeness (QED) is 0.782. The number of ether oxygens (including phenoxy) is 1. The van der Waals surface area contributed by atoms with Crippen molar-refractivity contribution in [1.29, 1.82) is 0 Å². The lowest BCUT2D eigenvalue weighted by Crippen LogP contribution is -2.30. The summed E-state index contributed by atoms with van der Waals surface area (Å²) in [6.45, 7) is 2.94. The van der Waals surface area contributed by atoms with Gasteiger partial charge in [0.05, 0.1) is 13.0 Å². The molecule has 0 atom stereocenters. The molecule has 0 saturated heterocycles. The number of halogens is 1. The number of hydrogen-bond donors (Lipinski definition) is 2. The molecule has 4 nitrogen and oxygen atoms in total. The zero-order valence-electron chi connectivity index (χ0n) is 11.3. The van der Waals surface area contributed by atoms with Crippen LogP contribution in [0.4, 0.5) is 0 Å². The van der Waals surface area contributed by atoms with Crippen molar-refractivity contribution in [3.8, 4) is 5.75 Å². The van der Waals surface area contributed by atoms with Gasteiger partial charge >= 0.3 is 0 Å². The van der Waals surface area contributed by atoms with Gasteiger partial charge in [-0.05, 0) is 31.2 Å². The van der Waals surface area contributed by atoms with E-state index in [9.17, 15) is 4.79 Å². The fourth-order valence-electron chi connectivity index (χ4n) is 1.95. The lowest BCUT2D eigenvalue weighted by molar-refractivity contribution is -0.121. The van der Waals surface area contributed by atoms with Crippen LogP contribution in [-0.2, 0) is 4.79 Å². The van der Waals surface area contributed by atoms with Crippen LogP contribution in [0, 0.1) is 0 Å². The zero-order valence-corrected chi connectivity index (χ0v) is 12.9. The van der Waals surface area contributed by atoms with Crippen LogP contribution < -0.4 is 15.4 Å². The first kappa shape index (κ1) is 15.1. The van der Waals surface area contributed by atoms with Gasteiger partial charge in [-0.15, -0.1) is 0 Å². The van der Waals surface area contributed by atoms with Crippen LogP contribution in [0.3, 0.4) is 0 Å². The molecule has 1 aliphatic heterocycles. The lowest BCUT2D eigenvalue weighted by atomic mass is 10.1. The van der Waals surface area contributed by atoms with Crippen LogP contribution in [0.25, 0.3) is 0 Å². The molecule has 108 valence electrons. The molecular formula is C15H19BrN2O2. The van der Waals surface area contributed by atoms with E-state index in [0.29, 0.717) is 19.6 Å². The van der Waals surface area contributed by atoms with Crippen LogP contribution >= 0.6 is 15.9 Å². The van der Waals surface area contributed by atoms with Crippen LogP contribution in [0.15, 0.2) is 40.4 Å². The predicted octanol–water partition coefficient (Wildman–Crippen LogP) is 2.25. The minimum Gasteiger partial charge on any atom is -0.493 e. The second-order valence-corrected chi connectivity index (χ2v) is 5.56. The fraction of sp³-hybridized carbons (Fsp3) is 0.400. The van der Waals surface area contributed by atoms with Crippen LogP contribution in [0.2, 0.25) is 0 Å². The predicted molar refractivity (Wildman–Crippen MR) is 82.8 cm³/mol. The molecule has 1 amide bonds. The monoisotopic (exact) mass is 338 g/mol. The Morgan fingerprint density at radius 2 is 2.35 bits per heavy atom. The Morgan fingerprint density at radius 1 is 1.45 bits per heavy atom. The Bertz CT molecular complexity index is 489. The summed E-state index contributed by atoms with van der Waals surface area (Å²) in [7, 11) is 0. The Balaban J connectivity index is 1.64. The number of carbonyl (C=O) groups is 1. The number of amides is 1. The van der Waals surface area contributed by atoms with Gasteiger partial charge in [-0.2, -0.15) is 0 Å². The molecule has 0 saturated carbocycles. The molecule has 2 N–H and O–H groups in total. The van der Waals surface area contributed by atoms with E-state index in [-0.39, 0.29) is 5.91 Å². The van der Waals surface area contributed by atoms with Crippen LogP contribution in [-0.4, -0.2) is 32.1 Å². The first-order valence-electron chi connectivity index (χ1n) is 6.78. The molecule has 20 heavy (non-hydrogen) atoms. The highest BCUT2D eigenvalue weighted by atomic mass is 79.9. The zero-order chi connectivity index (χ0) is 14.2. The maximum atomic E-state index is 11.7. The van der Waals surface area contributed by atoms with Gasteiger partial charge in [0, 0.05) is 17.6 Å². The van der Waals surface area contributed by atoms with E-state index >= 15 is 0 Å². The van der Waals surface area contributed by atoms with E-state index in [0.717, 1.165) is 29.7 Å². The molecule has 0 unspecified atom stereocenters. The Hall–Kier alpha value is -1.33. The van der Waals surface area contributed by atoms with Crippen molar-refractivity contribution in [2.24, 2.45) is 0 Å². The molecule has 0 radical (unpaired) electrons. The second kappa shape index (κ2) is 8.07. The van der Waals surface area contributed by atoms with Crippen molar-refractivity contribution in [1.82, 2.24) is 10.6 Å². The van der Waals surface area contributed by atoms with Crippen molar-refractivity contribution in [3.63, 3.8) is 0 Å². The third kappa shape index (κ3) is 5.35. The lowest BCUT2D eigenvalue weighted by Gasteiger charge is -2.14. The smallest absolute Gasteiger partial charge is 0.223 e. The molecule has 0 aromatic heterocycles. The van der Waals surface area contributed by atoms with Crippen LogP contribution in [0.1, 0.15) is 12.8 Å². The minimum atomic E-state index is 0.0272. The Kier molecular flexibility index (Phi) is 6.08. The normalized spacial score (nSPS) is 14.6. The third-order valence-corrected chi connectivity index (χ3v) is 3.56. The fourth-order valence-corrected chi connectivity index (χ4v) is 2.33. The summed E-state index contributed by atoms with van der Waals surface area (Å²) in [5.41, 5.74) is 1.30. The number of hydrogen-bond acceptors (Lipinski definition) is 3. The third-order valence-electron chi connectivity index (χ3n) is 3.06. The molecule has 2 rings (SSSR count). The van der Waals surface area contributed by atoms with E-state index in [2.05, 4.69) is 32.6 Å². The molecule has 0 aliphatic carbocycles. The summed E-state index contributed by atoms with van der Waals surface area (Å²) < 4.78 is 6.50. The summed E-state index contributed by atoms with van der Waals surface area (Å²) in [6.07, 6.45) is 3.52. The second-order valence-electron chi connectivity index (χ2n) is 4.65. The van der Waals surface area contributed by atoms with E-state index in [1.807, 2.05) is 24.3 Å². The molecule has 1 aromatic rings.